The summed E-state index contributed by atoms with van der Waals surface area (Å²) in [5.74, 6) is 0.408. The Kier molecular flexibility index (Phi) is 6.41. The molecule has 0 saturated carbocycles. The van der Waals surface area contributed by atoms with Crippen molar-refractivity contribution in [3.63, 3.8) is 0 Å². The Balaban J connectivity index is 2.11. The van der Waals surface area contributed by atoms with Gasteiger partial charge >= 0.3 is 5.97 Å². The molecule has 0 aliphatic heterocycles. The first-order valence-electron chi connectivity index (χ1n) is 7.26. The van der Waals surface area contributed by atoms with E-state index in [1.54, 1.807) is 30.3 Å². The molecule has 0 bridgehead atoms. The minimum Gasteiger partial charge on any atom is -0.497 e. The van der Waals surface area contributed by atoms with Crippen LogP contribution in [-0.2, 0) is 4.74 Å². The number of hydrogen-bond acceptors (Lipinski definition) is 6. The van der Waals surface area contributed by atoms with Crippen LogP contribution in [-0.4, -0.2) is 39.7 Å². The molecule has 2 aromatic rings. The first kappa shape index (κ1) is 18.8. The standard InChI is InChI=1S/C18H17BrO6/c1-22-11-5-7-15(19)14(8-11)18(21)25-10-16(20)13-6-4-12(23-2)9-17(13)24-3/h4-9H,10H2,1-3H3. The molecule has 2 rings (SSSR count). The monoisotopic (exact) mass is 408 g/mol. The van der Waals surface area contributed by atoms with Crippen molar-refractivity contribution in [2.75, 3.05) is 27.9 Å². The smallest absolute Gasteiger partial charge is 0.339 e. The summed E-state index contributed by atoms with van der Waals surface area (Å²) < 4.78 is 21.0. The molecule has 132 valence electrons. The van der Waals surface area contributed by atoms with Crippen LogP contribution in [0, 0.1) is 0 Å². The van der Waals surface area contributed by atoms with Crippen molar-refractivity contribution in [1.29, 1.82) is 0 Å². The zero-order valence-electron chi connectivity index (χ0n) is 14.0. The number of esters is 1. The summed E-state index contributed by atoms with van der Waals surface area (Å²) in [5, 5.41) is 0. The lowest BCUT2D eigenvalue weighted by atomic mass is 10.1. The summed E-state index contributed by atoms with van der Waals surface area (Å²) in [7, 11) is 4.47. The van der Waals surface area contributed by atoms with Crippen LogP contribution in [0.1, 0.15) is 20.7 Å². The minimum absolute atomic E-state index is 0.272. The number of Topliss-reactive ketones (excluding diaryl/α,β-unsaturated/α-hetero) is 1. The van der Waals surface area contributed by atoms with E-state index >= 15 is 0 Å². The molecule has 0 heterocycles. The number of carbonyl (C=O) groups excluding carboxylic acids is 2. The zero-order chi connectivity index (χ0) is 18.4. The lowest BCUT2D eigenvalue weighted by molar-refractivity contribution is 0.0472. The Labute approximate surface area is 153 Å². The van der Waals surface area contributed by atoms with Crippen molar-refractivity contribution in [2.45, 2.75) is 0 Å². The van der Waals surface area contributed by atoms with Gasteiger partial charge in [-0.05, 0) is 46.3 Å². The lowest BCUT2D eigenvalue weighted by Crippen LogP contribution is -2.15. The van der Waals surface area contributed by atoms with E-state index in [4.69, 9.17) is 18.9 Å². The Morgan fingerprint density at radius 3 is 2.16 bits per heavy atom. The molecule has 0 aliphatic carbocycles. The quantitative estimate of drug-likeness (QED) is 0.515. The van der Waals surface area contributed by atoms with Gasteiger partial charge in [0.05, 0.1) is 32.5 Å². The number of methoxy groups -OCH3 is 3. The average molecular weight is 409 g/mol. The summed E-state index contributed by atoms with van der Waals surface area (Å²) in [5.41, 5.74) is 0.578. The van der Waals surface area contributed by atoms with E-state index < -0.39 is 12.6 Å². The van der Waals surface area contributed by atoms with Gasteiger partial charge in [-0.25, -0.2) is 4.79 Å². The molecule has 0 N–H and O–H groups in total. The van der Waals surface area contributed by atoms with Gasteiger partial charge in [-0.2, -0.15) is 0 Å². The summed E-state index contributed by atoms with van der Waals surface area (Å²) in [6.45, 7) is -0.412. The molecule has 0 unspecified atom stereocenters. The van der Waals surface area contributed by atoms with Gasteiger partial charge in [-0.3, -0.25) is 4.79 Å². The largest absolute Gasteiger partial charge is 0.497 e. The number of halogens is 1. The van der Waals surface area contributed by atoms with Gasteiger partial charge in [0.25, 0.3) is 0 Å². The molecule has 6 nitrogen and oxygen atoms in total. The van der Waals surface area contributed by atoms with Gasteiger partial charge in [-0.15, -0.1) is 0 Å². The molecule has 0 amide bonds. The maximum atomic E-state index is 12.3. The SMILES string of the molecule is COc1ccc(C(=O)COC(=O)c2cc(OC)ccc2Br)c(OC)c1. The van der Waals surface area contributed by atoms with Gasteiger partial charge in [0, 0.05) is 10.5 Å². The van der Waals surface area contributed by atoms with Crippen LogP contribution in [0.15, 0.2) is 40.9 Å². The van der Waals surface area contributed by atoms with Gasteiger partial charge in [0.2, 0.25) is 5.78 Å². The van der Waals surface area contributed by atoms with Gasteiger partial charge in [-0.1, -0.05) is 0 Å². The van der Waals surface area contributed by atoms with Crippen molar-refractivity contribution >= 4 is 27.7 Å². The van der Waals surface area contributed by atoms with Crippen molar-refractivity contribution < 1.29 is 28.5 Å². The summed E-state index contributed by atoms with van der Waals surface area (Å²) >= 11 is 3.28. The zero-order valence-corrected chi connectivity index (χ0v) is 15.6. The van der Waals surface area contributed by atoms with Crippen molar-refractivity contribution in [2.24, 2.45) is 0 Å². The Hall–Kier alpha value is -2.54. The van der Waals surface area contributed by atoms with Crippen LogP contribution in [0.25, 0.3) is 0 Å². The van der Waals surface area contributed by atoms with Crippen LogP contribution in [0.4, 0.5) is 0 Å². The Morgan fingerprint density at radius 1 is 0.880 bits per heavy atom. The second kappa shape index (κ2) is 8.53. The first-order chi connectivity index (χ1) is 12.0. The van der Waals surface area contributed by atoms with Crippen molar-refractivity contribution in [1.82, 2.24) is 0 Å². The van der Waals surface area contributed by atoms with E-state index in [-0.39, 0.29) is 11.3 Å². The number of ether oxygens (including phenoxy) is 4. The average Bonchev–Trinajstić information content (AvgIpc) is 2.65. The predicted molar refractivity (Wildman–Crippen MR) is 94.9 cm³/mol. The van der Waals surface area contributed by atoms with Gasteiger partial charge < -0.3 is 18.9 Å². The van der Waals surface area contributed by atoms with E-state index in [9.17, 15) is 9.59 Å². The molecule has 0 atom stereocenters. The third-order valence-corrected chi connectivity index (χ3v) is 4.13. The molecule has 2 aromatic carbocycles. The first-order valence-corrected chi connectivity index (χ1v) is 8.05. The van der Waals surface area contributed by atoms with Crippen LogP contribution < -0.4 is 14.2 Å². The minimum atomic E-state index is -0.633. The molecule has 0 aromatic heterocycles. The highest BCUT2D eigenvalue weighted by Gasteiger charge is 2.18. The highest BCUT2D eigenvalue weighted by Crippen LogP contribution is 2.26. The summed E-state index contributed by atoms with van der Waals surface area (Å²) in [6.07, 6.45) is 0. The number of benzene rings is 2. The number of hydrogen-bond donors (Lipinski definition) is 0. The van der Waals surface area contributed by atoms with Crippen LogP contribution in [0.2, 0.25) is 0 Å². The molecular formula is C18H17BrO6. The fourth-order valence-corrected chi connectivity index (χ4v) is 2.51. The maximum absolute atomic E-state index is 12.3. The topological polar surface area (TPSA) is 71.1 Å². The molecule has 0 fully saturated rings. The Morgan fingerprint density at radius 2 is 1.52 bits per heavy atom. The molecule has 0 saturated heterocycles. The van der Waals surface area contributed by atoms with Gasteiger partial charge in [0.1, 0.15) is 17.2 Å². The molecule has 7 heteroatoms. The predicted octanol–water partition coefficient (Wildman–Crippen LogP) is 3.51. The van der Waals surface area contributed by atoms with Crippen molar-refractivity contribution in [3.8, 4) is 17.2 Å². The molecule has 0 aliphatic rings. The van der Waals surface area contributed by atoms with Crippen molar-refractivity contribution in [3.05, 3.63) is 52.0 Å². The molecule has 0 spiro atoms. The fraction of sp³-hybridized carbons (Fsp3) is 0.222. The fourth-order valence-electron chi connectivity index (χ4n) is 2.10. The maximum Gasteiger partial charge on any atom is 0.339 e. The second-order valence-electron chi connectivity index (χ2n) is 4.91. The number of ketones is 1. The second-order valence-corrected chi connectivity index (χ2v) is 5.77. The lowest BCUT2D eigenvalue weighted by Gasteiger charge is -2.11. The molecule has 25 heavy (non-hydrogen) atoms. The summed E-state index contributed by atoms with van der Waals surface area (Å²) in [4.78, 5) is 24.5. The van der Waals surface area contributed by atoms with Crippen LogP contribution in [0.3, 0.4) is 0 Å². The Bertz CT molecular complexity index is 787. The van der Waals surface area contributed by atoms with E-state index in [2.05, 4.69) is 15.9 Å². The summed E-state index contributed by atoms with van der Waals surface area (Å²) in [6, 6.07) is 9.70. The third kappa shape index (κ3) is 4.51. The molecule has 0 radical (unpaired) electrons. The normalized spacial score (nSPS) is 10.1. The van der Waals surface area contributed by atoms with Crippen LogP contribution >= 0.6 is 15.9 Å². The van der Waals surface area contributed by atoms with E-state index in [1.807, 2.05) is 0 Å². The van der Waals surface area contributed by atoms with E-state index in [0.717, 1.165) is 0 Å². The van der Waals surface area contributed by atoms with E-state index in [1.165, 1.54) is 27.4 Å². The number of rotatable bonds is 7. The highest BCUT2D eigenvalue weighted by atomic mass is 79.9. The van der Waals surface area contributed by atoms with Gasteiger partial charge in [0.15, 0.2) is 6.61 Å². The third-order valence-electron chi connectivity index (χ3n) is 3.44. The molecular weight excluding hydrogens is 392 g/mol. The number of carbonyl (C=O) groups is 2. The van der Waals surface area contributed by atoms with Crippen LogP contribution in [0.5, 0.6) is 17.2 Å². The highest BCUT2D eigenvalue weighted by molar-refractivity contribution is 9.10. The van der Waals surface area contributed by atoms with E-state index in [0.29, 0.717) is 27.3 Å².